The van der Waals surface area contributed by atoms with Gasteiger partial charge in [0.25, 0.3) is 0 Å². The van der Waals surface area contributed by atoms with Crippen LogP contribution >= 0.6 is 0 Å². The van der Waals surface area contributed by atoms with Crippen molar-refractivity contribution in [2.45, 2.75) is 38.6 Å². The molecule has 0 saturated carbocycles. The third-order valence-electron chi connectivity index (χ3n) is 5.67. The smallest absolute Gasteiger partial charge is 0.317 e. The Bertz CT molecular complexity index is 696. The number of benzene rings is 1. The molecular weight excluding hydrogens is 342 g/mol. The van der Waals surface area contributed by atoms with Gasteiger partial charge in [0.05, 0.1) is 0 Å². The van der Waals surface area contributed by atoms with E-state index in [1.165, 1.54) is 32.1 Å². The van der Waals surface area contributed by atoms with E-state index in [-0.39, 0.29) is 12.8 Å². The van der Waals surface area contributed by atoms with E-state index < -0.39 is 0 Å². The van der Waals surface area contributed by atoms with Crippen LogP contribution in [0.2, 0.25) is 0 Å². The lowest BCUT2D eigenvalue weighted by atomic mass is 9.97. The Hall–Kier alpha value is -2.21. The molecule has 1 saturated heterocycles. The largest absolute Gasteiger partial charge is 0.454 e. The van der Waals surface area contributed by atoms with E-state index in [1.54, 1.807) is 5.57 Å². The second-order valence-corrected chi connectivity index (χ2v) is 7.53. The lowest BCUT2D eigenvalue weighted by molar-refractivity contribution is 0.139. The lowest BCUT2D eigenvalue weighted by Crippen LogP contribution is -2.51. The molecule has 0 radical (unpaired) electrons. The number of hydrogen-bond acceptors (Lipinski definition) is 4. The number of amides is 2. The number of ether oxygens (including phenoxy) is 2. The fourth-order valence-electron chi connectivity index (χ4n) is 3.95. The van der Waals surface area contributed by atoms with E-state index in [9.17, 15) is 4.79 Å². The summed E-state index contributed by atoms with van der Waals surface area (Å²) in [7, 11) is 0. The van der Waals surface area contributed by atoms with Crippen molar-refractivity contribution in [1.82, 2.24) is 15.1 Å². The zero-order valence-electron chi connectivity index (χ0n) is 15.9. The first-order valence-electron chi connectivity index (χ1n) is 10.1. The Balaban J connectivity index is 1.18. The molecule has 6 heteroatoms. The minimum Gasteiger partial charge on any atom is -0.454 e. The number of fused-ring (bicyclic) bond motifs is 1. The van der Waals surface area contributed by atoms with Gasteiger partial charge in [-0.05, 0) is 49.8 Å². The third kappa shape index (κ3) is 4.75. The summed E-state index contributed by atoms with van der Waals surface area (Å²) in [5, 5.41) is 3.02. The lowest BCUT2D eigenvalue weighted by Gasteiger charge is -2.35. The molecule has 1 aliphatic carbocycles. The van der Waals surface area contributed by atoms with Crippen molar-refractivity contribution < 1.29 is 14.3 Å². The molecule has 0 spiro atoms. The Labute approximate surface area is 161 Å². The van der Waals surface area contributed by atoms with E-state index in [0.29, 0.717) is 6.54 Å². The standard InChI is InChI=1S/C21H29N3O3/c25-21(22-15-18-6-7-19-20(14-18)27-16-26-19)24-12-10-23(11-13-24)9-8-17-4-2-1-3-5-17/h4,6-7,14H,1-3,5,8-13,15-16H2,(H,22,25). The summed E-state index contributed by atoms with van der Waals surface area (Å²) in [5.41, 5.74) is 2.65. The first kappa shape index (κ1) is 18.2. The van der Waals surface area contributed by atoms with Gasteiger partial charge in [0.1, 0.15) is 0 Å². The summed E-state index contributed by atoms with van der Waals surface area (Å²) in [6, 6.07) is 5.80. The molecule has 27 heavy (non-hydrogen) atoms. The fraction of sp³-hybridized carbons (Fsp3) is 0.571. The van der Waals surface area contributed by atoms with Crippen molar-refractivity contribution in [2.75, 3.05) is 39.5 Å². The van der Waals surface area contributed by atoms with Gasteiger partial charge in [-0.15, -0.1) is 0 Å². The van der Waals surface area contributed by atoms with Crippen LogP contribution in [-0.4, -0.2) is 55.3 Å². The van der Waals surface area contributed by atoms with Crippen molar-refractivity contribution in [3.8, 4) is 11.5 Å². The van der Waals surface area contributed by atoms with Crippen molar-refractivity contribution >= 4 is 6.03 Å². The number of piperazine rings is 1. The molecule has 2 amide bonds. The van der Waals surface area contributed by atoms with Crippen LogP contribution in [0.15, 0.2) is 29.8 Å². The molecule has 6 nitrogen and oxygen atoms in total. The Morgan fingerprint density at radius 1 is 1.07 bits per heavy atom. The molecule has 146 valence electrons. The van der Waals surface area contributed by atoms with Gasteiger partial charge in [-0.25, -0.2) is 4.79 Å². The van der Waals surface area contributed by atoms with E-state index in [2.05, 4.69) is 16.3 Å². The molecule has 1 fully saturated rings. The van der Waals surface area contributed by atoms with Gasteiger partial charge in [0, 0.05) is 39.3 Å². The van der Waals surface area contributed by atoms with Gasteiger partial charge in [-0.2, -0.15) is 0 Å². The molecule has 2 heterocycles. The molecule has 1 aromatic carbocycles. The second kappa shape index (κ2) is 8.65. The van der Waals surface area contributed by atoms with Crippen molar-refractivity contribution in [3.63, 3.8) is 0 Å². The number of urea groups is 1. The Kier molecular flexibility index (Phi) is 5.82. The van der Waals surface area contributed by atoms with Crippen LogP contribution in [0, 0.1) is 0 Å². The highest BCUT2D eigenvalue weighted by atomic mass is 16.7. The van der Waals surface area contributed by atoms with Crippen molar-refractivity contribution in [1.29, 1.82) is 0 Å². The monoisotopic (exact) mass is 371 g/mol. The van der Waals surface area contributed by atoms with Gasteiger partial charge in [0.2, 0.25) is 6.79 Å². The first-order chi connectivity index (χ1) is 13.3. The number of rotatable bonds is 5. The third-order valence-corrected chi connectivity index (χ3v) is 5.67. The van der Waals surface area contributed by atoms with Gasteiger partial charge < -0.3 is 19.7 Å². The summed E-state index contributed by atoms with van der Waals surface area (Å²) in [4.78, 5) is 16.9. The molecule has 1 N–H and O–H groups in total. The van der Waals surface area contributed by atoms with E-state index in [1.807, 2.05) is 23.1 Å². The fourth-order valence-corrected chi connectivity index (χ4v) is 3.95. The average Bonchev–Trinajstić information content (AvgIpc) is 3.19. The molecule has 1 aromatic rings. The normalized spacial score (nSPS) is 19.7. The summed E-state index contributed by atoms with van der Waals surface area (Å²) < 4.78 is 10.7. The quantitative estimate of drug-likeness (QED) is 0.808. The van der Waals surface area contributed by atoms with E-state index in [4.69, 9.17) is 9.47 Å². The Morgan fingerprint density at radius 2 is 1.93 bits per heavy atom. The maximum Gasteiger partial charge on any atom is 0.317 e. The SMILES string of the molecule is O=C(NCc1ccc2c(c1)OCO2)N1CCN(CCC2=CCCCC2)CC1. The zero-order valence-corrected chi connectivity index (χ0v) is 15.9. The summed E-state index contributed by atoms with van der Waals surface area (Å²) in [6.07, 6.45) is 8.86. The van der Waals surface area contributed by atoms with Crippen molar-refractivity contribution in [3.05, 3.63) is 35.4 Å². The predicted molar refractivity (Wildman–Crippen MR) is 104 cm³/mol. The molecule has 4 rings (SSSR count). The highest BCUT2D eigenvalue weighted by Gasteiger charge is 2.21. The first-order valence-corrected chi connectivity index (χ1v) is 10.1. The number of nitrogens with one attached hydrogen (secondary N) is 1. The minimum atomic E-state index is 0.0160. The number of nitrogens with zero attached hydrogens (tertiary/aromatic N) is 2. The molecule has 0 bridgehead atoms. The van der Waals surface area contributed by atoms with E-state index in [0.717, 1.165) is 49.8 Å². The van der Waals surface area contributed by atoms with Crippen LogP contribution in [0.3, 0.4) is 0 Å². The highest BCUT2D eigenvalue weighted by Crippen LogP contribution is 2.32. The van der Waals surface area contributed by atoms with Crippen LogP contribution in [0.1, 0.15) is 37.7 Å². The predicted octanol–water partition coefficient (Wildman–Crippen LogP) is 3.13. The van der Waals surface area contributed by atoms with Crippen LogP contribution in [0.4, 0.5) is 4.79 Å². The van der Waals surface area contributed by atoms with Crippen LogP contribution in [-0.2, 0) is 6.54 Å². The Morgan fingerprint density at radius 3 is 2.74 bits per heavy atom. The summed E-state index contributed by atoms with van der Waals surface area (Å²) >= 11 is 0. The number of carbonyl (C=O) groups excluding carboxylic acids is 1. The summed E-state index contributed by atoms with van der Waals surface area (Å²) in [5.74, 6) is 1.52. The zero-order chi connectivity index (χ0) is 18.5. The van der Waals surface area contributed by atoms with Crippen LogP contribution in [0.5, 0.6) is 11.5 Å². The van der Waals surface area contributed by atoms with Gasteiger partial charge in [-0.3, -0.25) is 4.90 Å². The topological polar surface area (TPSA) is 54.0 Å². The second-order valence-electron chi connectivity index (χ2n) is 7.53. The molecule has 0 atom stereocenters. The number of allylic oxidation sites excluding steroid dienone is 1. The molecular formula is C21H29N3O3. The average molecular weight is 371 g/mol. The summed E-state index contributed by atoms with van der Waals surface area (Å²) in [6.45, 7) is 5.42. The minimum absolute atomic E-state index is 0.0160. The number of hydrogen-bond donors (Lipinski definition) is 1. The van der Waals surface area contributed by atoms with Crippen molar-refractivity contribution in [2.24, 2.45) is 0 Å². The maximum atomic E-state index is 12.4. The van der Waals surface area contributed by atoms with Crippen LogP contribution < -0.4 is 14.8 Å². The number of carbonyl (C=O) groups is 1. The van der Waals surface area contributed by atoms with Gasteiger partial charge in [0.15, 0.2) is 11.5 Å². The molecule has 3 aliphatic rings. The van der Waals surface area contributed by atoms with Crippen LogP contribution in [0.25, 0.3) is 0 Å². The maximum absolute atomic E-state index is 12.4. The molecule has 2 aliphatic heterocycles. The van der Waals surface area contributed by atoms with E-state index >= 15 is 0 Å². The van der Waals surface area contributed by atoms with Gasteiger partial charge >= 0.3 is 6.03 Å². The highest BCUT2D eigenvalue weighted by molar-refractivity contribution is 5.74. The van der Waals surface area contributed by atoms with Gasteiger partial charge in [-0.1, -0.05) is 17.7 Å². The molecule has 0 unspecified atom stereocenters. The molecule has 0 aromatic heterocycles.